The minimum absolute atomic E-state index is 0.425. The standard InChI is InChI=1S/C22H17NO3/c1-2-25-20-13-12-15-8-6-7-11-17(15)18(20)14-19-21(23-26-22(19)24)16-9-4-3-5-10-16/h3-14H,2H2,1H3/b19-14-. The van der Waals surface area contributed by atoms with Gasteiger partial charge in [-0.05, 0) is 29.8 Å². The fraction of sp³-hybridized carbons (Fsp3) is 0.0909. The van der Waals surface area contributed by atoms with Crippen LogP contribution < -0.4 is 4.74 Å². The summed E-state index contributed by atoms with van der Waals surface area (Å²) in [6, 6.07) is 21.5. The predicted molar refractivity (Wildman–Crippen MR) is 102 cm³/mol. The van der Waals surface area contributed by atoms with Crippen LogP contribution in [0, 0.1) is 0 Å². The van der Waals surface area contributed by atoms with Crippen molar-refractivity contribution in [3.63, 3.8) is 0 Å². The number of hydrogen-bond donors (Lipinski definition) is 0. The molecule has 4 heteroatoms. The molecule has 0 radical (unpaired) electrons. The molecule has 0 atom stereocenters. The number of rotatable bonds is 4. The van der Waals surface area contributed by atoms with Crippen molar-refractivity contribution < 1.29 is 14.4 Å². The Kier molecular flexibility index (Phi) is 4.23. The molecule has 1 heterocycles. The van der Waals surface area contributed by atoms with Crippen LogP contribution in [0.4, 0.5) is 0 Å². The maximum atomic E-state index is 12.3. The van der Waals surface area contributed by atoms with Gasteiger partial charge in [0.15, 0.2) is 0 Å². The Morgan fingerprint density at radius 1 is 1.00 bits per heavy atom. The maximum absolute atomic E-state index is 12.3. The maximum Gasteiger partial charge on any atom is 0.368 e. The first-order valence-corrected chi connectivity index (χ1v) is 8.49. The van der Waals surface area contributed by atoms with Gasteiger partial charge in [0.25, 0.3) is 0 Å². The van der Waals surface area contributed by atoms with E-state index in [0.717, 1.165) is 27.6 Å². The first-order chi connectivity index (χ1) is 12.8. The molecule has 4 nitrogen and oxygen atoms in total. The average Bonchev–Trinajstić information content (AvgIpc) is 3.05. The third-order valence-electron chi connectivity index (χ3n) is 4.26. The molecule has 0 spiro atoms. The highest BCUT2D eigenvalue weighted by atomic mass is 16.7. The molecule has 3 aromatic carbocycles. The Morgan fingerprint density at radius 2 is 1.77 bits per heavy atom. The molecule has 3 aromatic rings. The molecule has 0 amide bonds. The third-order valence-corrected chi connectivity index (χ3v) is 4.26. The zero-order valence-electron chi connectivity index (χ0n) is 14.3. The lowest BCUT2D eigenvalue weighted by Gasteiger charge is -2.11. The first kappa shape index (κ1) is 16.1. The number of nitrogens with zero attached hydrogens (tertiary/aromatic N) is 1. The molecule has 0 N–H and O–H groups in total. The Morgan fingerprint density at radius 3 is 2.58 bits per heavy atom. The van der Waals surface area contributed by atoms with Crippen molar-refractivity contribution in [2.24, 2.45) is 5.16 Å². The van der Waals surface area contributed by atoms with E-state index in [2.05, 4.69) is 5.16 Å². The van der Waals surface area contributed by atoms with Crippen molar-refractivity contribution >= 4 is 28.5 Å². The number of fused-ring (bicyclic) bond motifs is 1. The lowest BCUT2D eigenvalue weighted by Crippen LogP contribution is -2.07. The molecule has 0 fully saturated rings. The quantitative estimate of drug-likeness (QED) is 0.514. The van der Waals surface area contributed by atoms with E-state index >= 15 is 0 Å². The van der Waals surface area contributed by atoms with Crippen molar-refractivity contribution in [1.29, 1.82) is 0 Å². The van der Waals surface area contributed by atoms with Gasteiger partial charge in [0, 0.05) is 11.1 Å². The van der Waals surface area contributed by atoms with Gasteiger partial charge in [-0.2, -0.15) is 0 Å². The summed E-state index contributed by atoms with van der Waals surface area (Å²) in [6.45, 7) is 2.48. The summed E-state index contributed by atoms with van der Waals surface area (Å²) in [5, 5.41) is 6.07. The lowest BCUT2D eigenvalue weighted by atomic mass is 9.97. The molecule has 1 aliphatic rings. The molecule has 0 saturated heterocycles. The molecule has 0 aliphatic carbocycles. The Labute approximate surface area is 151 Å². The van der Waals surface area contributed by atoms with Crippen LogP contribution in [0.25, 0.3) is 16.8 Å². The van der Waals surface area contributed by atoms with Crippen molar-refractivity contribution in [2.75, 3.05) is 6.61 Å². The molecule has 0 saturated carbocycles. The summed E-state index contributed by atoms with van der Waals surface area (Å²) < 4.78 is 5.80. The topological polar surface area (TPSA) is 47.9 Å². The molecular formula is C22H17NO3. The second kappa shape index (κ2) is 6.84. The highest BCUT2D eigenvalue weighted by Gasteiger charge is 2.27. The predicted octanol–water partition coefficient (Wildman–Crippen LogP) is 4.58. The van der Waals surface area contributed by atoms with E-state index in [1.165, 1.54) is 0 Å². The molecule has 0 unspecified atom stereocenters. The summed E-state index contributed by atoms with van der Waals surface area (Å²) in [6.07, 6.45) is 1.81. The summed E-state index contributed by atoms with van der Waals surface area (Å²) in [5.74, 6) is 0.269. The van der Waals surface area contributed by atoms with E-state index in [9.17, 15) is 4.79 Å². The zero-order chi connectivity index (χ0) is 17.9. The third kappa shape index (κ3) is 2.86. The SMILES string of the molecule is CCOc1ccc2ccccc2c1/C=C1\C(=O)ON=C1c1ccccc1. The second-order valence-corrected chi connectivity index (χ2v) is 5.87. The average molecular weight is 343 g/mol. The van der Waals surface area contributed by atoms with Crippen LogP contribution in [0.2, 0.25) is 0 Å². The number of hydrogen-bond acceptors (Lipinski definition) is 4. The van der Waals surface area contributed by atoms with E-state index in [-0.39, 0.29) is 0 Å². The number of carbonyl (C=O) groups is 1. The highest BCUT2D eigenvalue weighted by molar-refractivity contribution is 6.31. The van der Waals surface area contributed by atoms with Gasteiger partial charge in [0.05, 0.1) is 12.2 Å². The molecule has 128 valence electrons. The summed E-state index contributed by atoms with van der Waals surface area (Å²) in [5.41, 5.74) is 2.64. The zero-order valence-corrected chi connectivity index (χ0v) is 14.3. The minimum atomic E-state index is -0.459. The van der Waals surface area contributed by atoms with E-state index in [1.54, 1.807) is 0 Å². The fourth-order valence-electron chi connectivity index (χ4n) is 3.06. The molecule has 1 aliphatic heterocycles. The molecule has 26 heavy (non-hydrogen) atoms. The molecule has 0 aromatic heterocycles. The second-order valence-electron chi connectivity index (χ2n) is 5.87. The minimum Gasteiger partial charge on any atom is -0.493 e. The fourth-order valence-corrected chi connectivity index (χ4v) is 3.06. The smallest absolute Gasteiger partial charge is 0.368 e. The van der Waals surface area contributed by atoms with E-state index in [1.807, 2.05) is 79.7 Å². The lowest BCUT2D eigenvalue weighted by molar-refractivity contribution is -0.136. The molecule has 0 bridgehead atoms. The first-order valence-electron chi connectivity index (χ1n) is 8.49. The molecular weight excluding hydrogens is 326 g/mol. The van der Waals surface area contributed by atoms with Crippen molar-refractivity contribution in [3.8, 4) is 5.75 Å². The van der Waals surface area contributed by atoms with Gasteiger partial charge < -0.3 is 9.57 Å². The van der Waals surface area contributed by atoms with E-state index in [0.29, 0.717) is 17.9 Å². The van der Waals surface area contributed by atoms with Crippen LogP contribution in [-0.4, -0.2) is 18.3 Å². The Hall–Kier alpha value is -3.40. The Bertz CT molecular complexity index is 1040. The van der Waals surface area contributed by atoms with Crippen LogP contribution in [0.1, 0.15) is 18.1 Å². The largest absolute Gasteiger partial charge is 0.493 e. The van der Waals surface area contributed by atoms with Gasteiger partial charge in [-0.15, -0.1) is 0 Å². The van der Waals surface area contributed by atoms with E-state index in [4.69, 9.17) is 9.57 Å². The van der Waals surface area contributed by atoms with Gasteiger partial charge in [0.1, 0.15) is 11.5 Å². The van der Waals surface area contributed by atoms with Gasteiger partial charge in [-0.3, -0.25) is 0 Å². The van der Waals surface area contributed by atoms with Gasteiger partial charge in [-0.25, -0.2) is 4.79 Å². The van der Waals surface area contributed by atoms with Crippen LogP contribution >= 0.6 is 0 Å². The normalized spacial score (nSPS) is 15.2. The Balaban J connectivity index is 1.90. The summed E-state index contributed by atoms with van der Waals surface area (Å²) in [7, 11) is 0. The van der Waals surface area contributed by atoms with Crippen LogP contribution in [0.3, 0.4) is 0 Å². The summed E-state index contributed by atoms with van der Waals surface area (Å²) >= 11 is 0. The van der Waals surface area contributed by atoms with Gasteiger partial charge in [-0.1, -0.05) is 65.8 Å². The van der Waals surface area contributed by atoms with Crippen molar-refractivity contribution in [1.82, 2.24) is 0 Å². The van der Waals surface area contributed by atoms with Crippen molar-refractivity contribution in [3.05, 3.63) is 83.4 Å². The van der Waals surface area contributed by atoms with E-state index < -0.39 is 5.97 Å². The van der Waals surface area contributed by atoms with Crippen LogP contribution in [0.5, 0.6) is 5.75 Å². The molecule has 4 rings (SSSR count). The highest BCUT2D eigenvalue weighted by Crippen LogP contribution is 2.32. The number of carbonyl (C=O) groups excluding carboxylic acids is 1. The summed E-state index contributed by atoms with van der Waals surface area (Å²) in [4.78, 5) is 17.3. The van der Waals surface area contributed by atoms with Gasteiger partial charge >= 0.3 is 5.97 Å². The van der Waals surface area contributed by atoms with Crippen LogP contribution in [0.15, 0.2) is 77.5 Å². The van der Waals surface area contributed by atoms with Gasteiger partial charge in [0.2, 0.25) is 0 Å². The number of ether oxygens (including phenoxy) is 1. The number of oxime groups is 1. The monoisotopic (exact) mass is 343 g/mol. The number of benzene rings is 3. The van der Waals surface area contributed by atoms with Crippen LogP contribution in [-0.2, 0) is 9.63 Å². The van der Waals surface area contributed by atoms with Crippen molar-refractivity contribution in [2.45, 2.75) is 6.92 Å².